The van der Waals surface area contributed by atoms with Crippen LogP contribution in [-0.2, 0) is 15.0 Å². The van der Waals surface area contributed by atoms with Gasteiger partial charge in [0.25, 0.3) is 0 Å². The highest BCUT2D eigenvalue weighted by Crippen LogP contribution is 1.79. The molecule has 0 aliphatic rings. The summed E-state index contributed by atoms with van der Waals surface area (Å²) in [5.41, 5.74) is 0. The molecule has 0 saturated carbocycles. The van der Waals surface area contributed by atoms with Crippen molar-refractivity contribution in [1.82, 2.24) is 0 Å². The molecule has 0 bridgehead atoms. The van der Waals surface area contributed by atoms with Gasteiger partial charge in [0.1, 0.15) is 0 Å². The minimum atomic E-state index is -4.67. The first-order chi connectivity index (χ1) is 4.56. The van der Waals surface area contributed by atoms with Gasteiger partial charge in [0.2, 0.25) is 0 Å². The monoisotopic (exact) mass is 210 g/mol. The van der Waals surface area contributed by atoms with E-state index in [0.29, 0.717) is 0 Å². The molecule has 0 aromatic carbocycles. The van der Waals surface area contributed by atoms with Crippen LogP contribution in [0.4, 0.5) is 0 Å². The highest BCUT2D eigenvalue weighted by atomic mass is 32.3. The van der Waals surface area contributed by atoms with Gasteiger partial charge in [-0.25, -0.2) is 0 Å². The van der Waals surface area contributed by atoms with Gasteiger partial charge in [0, 0.05) is 0 Å². The first-order valence-electron chi connectivity index (χ1n) is 1.76. The quantitative estimate of drug-likeness (QED) is 0.116. The van der Waals surface area contributed by atoms with Crippen LogP contribution in [-0.4, -0.2) is 46.2 Å². The van der Waals surface area contributed by atoms with E-state index in [0.717, 1.165) is 0 Å². The first-order valence-corrected chi connectivity index (χ1v) is 4.90. The zero-order valence-corrected chi connectivity index (χ0v) is 6.63. The molecule has 0 rings (SSSR count). The summed E-state index contributed by atoms with van der Waals surface area (Å²) in [6.45, 7) is 0. The Bertz CT molecular complexity index is 162. The standard InChI is InChI=1S/H4O5Si.H2O4S/c1-5-6(2,3)4;1-5(2,3)4/h1-4H;(H2,1,2,3,4). The Hall–Kier alpha value is -0.113. The van der Waals surface area contributed by atoms with E-state index in [9.17, 15) is 0 Å². The molecule has 0 aliphatic heterocycles. The zero-order chi connectivity index (χ0) is 9.71. The Balaban J connectivity index is 0. The van der Waals surface area contributed by atoms with Gasteiger partial charge in [-0.05, 0) is 0 Å². The van der Waals surface area contributed by atoms with Crippen LogP contribution in [0.25, 0.3) is 0 Å². The highest BCUT2D eigenvalue weighted by molar-refractivity contribution is 7.79. The van der Waals surface area contributed by atoms with Crippen molar-refractivity contribution in [3.63, 3.8) is 0 Å². The Kier molecular flexibility index (Phi) is 5.76. The van der Waals surface area contributed by atoms with Gasteiger partial charge < -0.3 is 14.4 Å². The van der Waals surface area contributed by atoms with Crippen molar-refractivity contribution in [1.29, 1.82) is 0 Å². The molecule has 0 aliphatic carbocycles. The molecular formula is H6O9SSi. The Morgan fingerprint density at radius 3 is 1.18 bits per heavy atom. The zero-order valence-electron chi connectivity index (χ0n) is 4.82. The lowest BCUT2D eigenvalue weighted by atomic mass is 14.9. The van der Waals surface area contributed by atoms with E-state index in [1.807, 2.05) is 0 Å². The average Bonchev–Trinajstić information content (AvgIpc) is 1.59. The van der Waals surface area contributed by atoms with Crippen molar-refractivity contribution in [3.8, 4) is 0 Å². The third-order valence-electron chi connectivity index (χ3n) is 0.122. The minimum absolute atomic E-state index is 2.74. The van der Waals surface area contributed by atoms with E-state index in [1.165, 1.54) is 0 Å². The second-order valence-electron chi connectivity index (χ2n) is 1.11. The van der Waals surface area contributed by atoms with Crippen molar-refractivity contribution in [2.24, 2.45) is 0 Å². The van der Waals surface area contributed by atoms with E-state index in [-0.39, 0.29) is 0 Å². The summed E-state index contributed by atoms with van der Waals surface area (Å²) in [6.07, 6.45) is 0. The van der Waals surface area contributed by atoms with Crippen molar-refractivity contribution in [3.05, 3.63) is 0 Å². The predicted molar refractivity (Wildman–Crippen MR) is 30.3 cm³/mol. The van der Waals surface area contributed by atoms with Crippen LogP contribution in [0.1, 0.15) is 0 Å². The molecule has 0 aromatic rings. The van der Waals surface area contributed by atoms with Crippen LogP contribution < -0.4 is 0 Å². The van der Waals surface area contributed by atoms with Gasteiger partial charge in [-0.15, -0.1) is 0 Å². The predicted octanol–water partition coefficient (Wildman–Crippen LogP) is -2.76. The number of rotatable bonds is 1. The minimum Gasteiger partial charge on any atom is -0.366 e. The summed E-state index contributed by atoms with van der Waals surface area (Å²) in [7, 11) is -9.24. The van der Waals surface area contributed by atoms with E-state index in [2.05, 4.69) is 4.58 Å². The largest absolute Gasteiger partial charge is 0.699 e. The fourth-order valence-electron chi connectivity index (χ4n) is 0. The van der Waals surface area contributed by atoms with Crippen molar-refractivity contribution in [2.45, 2.75) is 0 Å². The van der Waals surface area contributed by atoms with E-state index < -0.39 is 19.4 Å². The maximum atomic E-state index is 8.74. The molecule has 0 saturated heterocycles. The fraction of sp³-hybridized carbons (Fsp3) is 0. The molecular weight excluding hydrogens is 204 g/mol. The Labute approximate surface area is 62.1 Å². The molecule has 6 N–H and O–H groups in total. The first kappa shape index (κ1) is 13.5. The van der Waals surface area contributed by atoms with Crippen molar-refractivity contribution < 1.29 is 41.7 Å². The van der Waals surface area contributed by atoms with Gasteiger partial charge in [-0.3, -0.25) is 14.4 Å². The molecule has 0 spiro atoms. The third-order valence-corrected chi connectivity index (χ3v) is 0.367. The molecule has 0 atom stereocenters. The summed E-state index contributed by atoms with van der Waals surface area (Å²) in [5, 5.41) is 7.21. The smallest absolute Gasteiger partial charge is 0.366 e. The van der Waals surface area contributed by atoms with Crippen LogP contribution in [0, 0.1) is 0 Å². The lowest BCUT2D eigenvalue weighted by Gasteiger charge is -1.98. The average molecular weight is 210 g/mol. The van der Waals surface area contributed by atoms with Crippen LogP contribution >= 0.6 is 0 Å². The van der Waals surface area contributed by atoms with Crippen molar-refractivity contribution in [2.75, 3.05) is 0 Å². The molecule has 0 amide bonds. The van der Waals surface area contributed by atoms with Crippen LogP contribution in [0.2, 0.25) is 0 Å². The van der Waals surface area contributed by atoms with Crippen molar-refractivity contribution >= 4 is 19.4 Å². The lowest BCUT2D eigenvalue weighted by molar-refractivity contribution is -0.209. The summed E-state index contributed by atoms with van der Waals surface area (Å²) < 4.78 is 34.3. The molecule has 0 heterocycles. The number of hydrogen-bond donors (Lipinski definition) is 6. The molecule has 11 heteroatoms. The summed E-state index contributed by atoms with van der Waals surface area (Å²) in [6, 6.07) is 0. The van der Waals surface area contributed by atoms with Crippen LogP contribution in [0.3, 0.4) is 0 Å². The number of hydrogen-bond acceptors (Lipinski definition) is 7. The van der Waals surface area contributed by atoms with E-state index in [1.54, 1.807) is 0 Å². The topological polar surface area (TPSA) is 165 Å². The Morgan fingerprint density at radius 2 is 1.18 bits per heavy atom. The van der Waals surface area contributed by atoms with Gasteiger partial charge in [0.05, 0.1) is 0 Å². The molecule has 11 heavy (non-hydrogen) atoms. The highest BCUT2D eigenvalue weighted by Gasteiger charge is 2.30. The second kappa shape index (κ2) is 4.70. The Morgan fingerprint density at radius 1 is 1.09 bits per heavy atom. The fourth-order valence-corrected chi connectivity index (χ4v) is 0. The molecule has 70 valence electrons. The molecule has 0 radical (unpaired) electrons. The summed E-state index contributed by atoms with van der Waals surface area (Å²) in [4.78, 5) is 22.8. The summed E-state index contributed by atoms with van der Waals surface area (Å²) in [5.74, 6) is 0. The molecule has 0 unspecified atom stereocenters. The SMILES string of the molecule is O=S(=O)(O)O.OO[Si](O)(O)O. The van der Waals surface area contributed by atoms with Gasteiger partial charge in [0.15, 0.2) is 0 Å². The lowest BCUT2D eigenvalue weighted by Crippen LogP contribution is -2.37. The second-order valence-corrected chi connectivity index (χ2v) is 3.34. The van der Waals surface area contributed by atoms with E-state index >= 15 is 0 Å². The molecule has 0 fully saturated rings. The van der Waals surface area contributed by atoms with Gasteiger partial charge in [-0.2, -0.15) is 13.0 Å². The molecule has 9 nitrogen and oxygen atoms in total. The molecule has 0 aromatic heterocycles. The third kappa shape index (κ3) is 73.8. The van der Waals surface area contributed by atoms with Crippen LogP contribution in [0.15, 0.2) is 0 Å². The van der Waals surface area contributed by atoms with Crippen LogP contribution in [0.5, 0.6) is 0 Å². The summed E-state index contributed by atoms with van der Waals surface area (Å²) >= 11 is 0. The van der Waals surface area contributed by atoms with E-state index in [4.69, 9.17) is 37.2 Å². The normalized spacial score (nSPS) is 11.8. The maximum Gasteiger partial charge on any atom is 0.699 e. The van der Waals surface area contributed by atoms with Gasteiger partial charge in [-0.1, -0.05) is 0 Å². The van der Waals surface area contributed by atoms with Gasteiger partial charge >= 0.3 is 19.4 Å². The maximum absolute atomic E-state index is 8.74.